The molecule has 2 aromatic rings. The van der Waals surface area contributed by atoms with Crippen LogP contribution in [-0.2, 0) is 20.4 Å². The fourth-order valence-corrected chi connectivity index (χ4v) is 4.13. The lowest BCUT2D eigenvalue weighted by atomic mass is 10.1. The molecule has 0 aliphatic carbocycles. The van der Waals surface area contributed by atoms with Crippen molar-refractivity contribution >= 4 is 17.5 Å². The molecule has 0 amide bonds. The summed E-state index contributed by atoms with van der Waals surface area (Å²) in [6, 6.07) is 7.49. The molecule has 0 unspecified atom stereocenters. The summed E-state index contributed by atoms with van der Waals surface area (Å²) in [5, 5.41) is -0.479. The highest BCUT2D eigenvalue weighted by molar-refractivity contribution is 7.99. The Morgan fingerprint density at radius 3 is 2.82 bits per heavy atom. The third kappa shape index (κ3) is 3.85. The second-order valence-corrected chi connectivity index (χ2v) is 7.52. The van der Waals surface area contributed by atoms with E-state index in [1.54, 1.807) is 24.3 Å². The Hall–Kier alpha value is -2.17. The summed E-state index contributed by atoms with van der Waals surface area (Å²) in [4.78, 5) is 19.9. The number of ether oxygens (including phenoxy) is 3. The van der Waals surface area contributed by atoms with E-state index >= 15 is 0 Å². The summed E-state index contributed by atoms with van der Waals surface area (Å²) in [7, 11) is 1.47. The Labute approximate surface area is 162 Å². The van der Waals surface area contributed by atoms with Crippen molar-refractivity contribution in [2.24, 2.45) is 0 Å². The van der Waals surface area contributed by atoms with E-state index in [0.29, 0.717) is 11.3 Å². The van der Waals surface area contributed by atoms with Crippen LogP contribution < -0.4 is 4.74 Å². The van der Waals surface area contributed by atoms with Gasteiger partial charge in [-0.25, -0.2) is 9.97 Å². The summed E-state index contributed by atoms with van der Waals surface area (Å²) in [5.41, 5.74) is -0.465. The molecule has 3 heterocycles. The monoisotopic (exact) mass is 412 g/mol. The van der Waals surface area contributed by atoms with Crippen LogP contribution in [0.1, 0.15) is 12.1 Å². The number of hydrogen-bond acceptors (Lipinski definition) is 7. The zero-order valence-corrected chi connectivity index (χ0v) is 15.4. The number of Topliss-reactive ketones (excluding diaryl/α,β-unsaturated/α-hetero) is 1. The van der Waals surface area contributed by atoms with Gasteiger partial charge in [-0.2, -0.15) is 13.2 Å². The molecule has 0 N–H and O–H groups in total. The second kappa shape index (κ2) is 7.34. The minimum atomic E-state index is -4.63. The molecule has 2 fully saturated rings. The zero-order chi connectivity index (χ0) is 19.9. The van der Waals surface area contributed by atoms with Crippen LogP contribution in [0, 0.1) is 0 Å². The molecule has 2 aliphatic heterocycles. The van der Waals surface area contributed by atoms with Crippen molar-refractivity contribution in [1.29, 1.82) is 0 Å². The number of carbonyl (C=O) groups excluding carboxylic acids is 1. The first-order valence-corrected chi connectivity index (χ1v) is 9.28. The summed E-state index contributed by atoms with van der Waals surface area (Å²) in [6.45, 7) is 0.218. The number of benzene rings is 1. The van der Waals surface area contributed by atoms with E-state index in [4.69, 9.17) is 14.2 Å². The lowest BCUT2D eigenvalue weighted by Crippen LogP contribution is -2.37. The Morgan fingerprint density at radius 2 is 2.07 bits per heavy atom. The van der Waals surface area contributed by atoms with Crippen LogP contribution in [0.25, 0.3) is 11.3 Å². The molecule has 4 rings (SSSR count). The van der Waals surface area contributed by atoms with E-state index in [-0.39, 0.29) is 35.8 Å². The number of ketones is 1. The number of alkyl halides is 3. The summed E-state index contributed by atoms with van der Waals surface area (Å²) in [6.07, 6.45) is -5.75. The molecule has 148 valence electrons. The van der Waals surface area contributed by atoms with Gasteiger partial charge in [0.05, 0.1) is 25.5 Å². The molecular formula is C18H15F3N2O4S. The standard InChI is InChI=1S/C18H15F3N2O4S/c1-25-10-4-2-3-9(5-10)11-6-15(18(19,20)21)23-17(22-11)28-14-7-12(24)16-26-8-13(14)27-16/h2-6,13-14,16H,7-8H2,1H3/t13-,14-,16-/m1/s1. The largest absolute Gasteiger partial charge is 0.497 e. The van der Waals surface area contributed by atoms with Crippen LogP contribution in [-0.4, -0.2) is 47.1 Å². The second-order valence-electron chi connectivity index (χ2n) is 6.32. The van der Waals surface area contributed by atoms with Gasteiger partial charge in [0.15, 0.2) is 10.9 Å². The highest BCUT2D eigenvalue weighted by atomic mass is 32.2. The summed E-state index contributed by atoms with van der Waals surface area (Å²) >= 11 is 0.997. The number of rotatable bonds is 4. The minimum absolute atomic E-state index is 0.0700. The van der Waals surface area contributed by atoms with Gasteiger partial charge in [0.2, 0.25) is 6.29 Å². The Balaban J connectivity index is 1.69. The number of methoxy groups -OCH3 is 1. The number of thioether (sulfide) groups is 1. The first-order valence-electron chi connectivity index (χ1n) is 8.40. The van der Waals surface area contributed by atoms with Crippen molar-refractivity contribution in [2.45, 2.75) is 35.4 Å². The van der Waals surface area contributed by atoms with E-state index in [1.165, 1.54) is 7.11 Å². The average molecular weight is 412 g/mol. The maximum absolute atomic E-state index is 13.4. The van der Waals surface area contributed by atoms with E-state index in [9.17, 15) is 18.0 Å². The number of hydrogen-bond donors (Lipinski definition) is 0. The number of aromatic nitrogens is 2. The molecule has 0 radical (unpaired) electrons. The topological polar surface area (TPSA) is 70.5 Å². The summed E-state index contributed by atoms with van der Waals surface area (Å²) < 4.78 is 55.9. The highest BCUT2D eigenvalue weighted by Crippen LogP contribution is 2.38. The van der Waals surface area contributed by atoms with Gasteiger partial charge in [0.25, 0.3) is 0 Å². The van der Waals surface area contributed by atoms with E-state index in [1.807, 2.05) is 0 Å². The molecule has 1 aromatic carbocycles. The van der Waals surface area contributed by atoms with Crippen LogP contribution in [0.3, 0.4) is 0 Å². The number of halogens is 3. The maximum Gasteiger partial charge on any atom is 0.433 e. The zero-order valence-electron chi connectivity index (χ0n) is 14.6. The molecule has 10 heteroatoms. The normalized spacial score (nSPS) is 24.4. The Morgan fingerprint density at radius 1 is 1.25 bits per heavy atom. The van der Waals surface area contributed by atoms with Gasteiger partial charge in [-0.05, 0) is 18.2 Å². The molecular weight excluding hydrogens is 397 g/mol. The van der Waals surface area contributed by atoms with Crippen molar-refractivity contribution in [3.63, 3.8) is 0 Å². The van der Waals surface area contributed by atoms with Gasteiger partial charge in [-0.3, -0.25) is 4.79 Å². The van der Waals surface area contributed by atoms with E-state index in [0.717, 1.165) is 17.8 Å². The van der Waals surface area contributed by atoms with Crippen LogP contribution in [0.5, 0.6) is 5.75 Å². The molecule has 3 atom stereocenters. The Bertz CT molecular complexity index is 909. The van der Waals surface area contributed by atoms with Gasteiger partial charge in [-0.15, -0.1) is 0 Å². The fourth-order valence-electron chi connectivity index (χ4n) is 3.02. The first-order chi connectivity index (χ1) is 13.3. The van der Waals surface area contributed by atoms with Gasteiger partial charge in [0, 0.05) is 17.2 Å². The number of nitrogens with zero attached hydrogens (tertiary/aromatic N) is 2. The molecule has 2 saturated heterocycles. The van der Waals surface area contributed by atoms with Crippen LogP contribution in [0.2, 0.25) is 0 Å². The van der Waals surface area contributed by atoms with Gasteiger partial charge < -0.3 is 14.2 Å². The van der Waals surface area contributed by atoms with Crippen molar-refractivity contribution in [3.8, 4) is 17.0 Å². The summed E-state index contributed by atoms with van der Waals surface area (Å²) in [5.74, 6) is 0.269. The molecule has 1 aromatic heterocycles. The third-order valence-corrected chi connectivity index (χ3v) is 5.57. The van der Waals surface area contributed by atoms with Crippen molar-refractivity contribution in [2.75, 3.05) is 13.7 Å². The average Bonchev–Trinajstić information content (AvgIpc) is 3.11. The minimum Gasteiger partial charge on any atom is -0.497 e. The van der Waals surface area contributed by atoms with Gasteiger partial charge in [-0.1, -0.05) is 23.9 Å². The van der Waals surface area contributed by atoms with Gasteiger partial charge >= 0.3 is 6.18 Å². The number of fused-ring (bicyclic) bond motifs is 2. The molecule has 0 spiro atoms. The first kappa shape index (κ1) is 19.2. The van der Waals surface area contributed by atoms with Crippen LogP contribution >= 0.6 is 11.8 Å². The predicted molar refractivity (Wildman–Crippen MR) is 92.9 cm³/mol. The van der Waals surface area contributed by atoms with Crippen LogP contribution in [0.4, 0.5) is 13.2 Å². The highest BCUT2D eigenvalue weighted by Gasteiger charge is 2.44. The van der Waals surface area contributed by atoms with Gasteiger partial charge in [0.1, 0.15) is 11.4 Å². The lowest BCUT2D eigenvalue weighted by molar-refractivity contribution is -0.151. The quantitative estimate of drug-likeness (QED) is 0.714. The fraction of sp³-hybridized carbons (Fsp3) is 0.389. The molecule has 2 bridgehead atoms. The van der Waals surface area contributed by atoms with E-state index < -0.39 is 23.4 Å². The molecule has 28 heavy (non-hydrogen) atoms. The van der Waals surface area contributed by atoms with Crippen molar-refractivity contribution in [3.05, 3.63) is 36.0 Å². The third-order valence-electron chi connectivity index (χ3n) is 4.41. The van der Waals surface area contributed by atoms with Crippen molar-refractivity contribution < 1.29 is 32.2 Å². The molecule has 6 nitrogen and oxygen atoms in total. The smallest absolute Gasteiger partial charge is 0.433 e. The molecule has 0 saturated carbocycles. The lowest BCUT2D eigenvalue weighted by Gasteiger charge is -2.25. The van der Waals surface area contributed by atoms with E-state index in [2.05, 4.69) is 9.97 Å². The maximum atomic E-state index is 13.4. The predicted octanol–water partition coefficient (Wildman–Crippen LogP) is 3.35. The SMILES string of the molecule is COc1cccc(-c2cc(C(F)(F)F)nc(S[C@@H]3CC(=O)[C@@H]4OC[C@H]3O4)n2)c1. The molecule has 2 aliphatic rings. The van der Waals surface area contributed by atoms with Crippen LogP contribution in [0.15, 0.2) is 35.5 Å². The Kier molecular flexibility index (Phi) is 5.02. The number of carbonyl (C=O) groups is 1. The van der Waals surface area contributed by atoms with Crippen molar-refractivity contribution in [1.82, 2.24) is 9.97 Å².